The molecule has 0 radical (unpaired) electrons. The third-order valence-electron chi connectivity index (χ3n) is 13.7. The molecule has 5 aliphatic carbocycles. The van der Waals surface area contributed by atoms with Crippen LogP contribution in [0, 0.1) is 50.2 Å². The van der Waals surface area contributed by atoms with E-state index in [4.69, 9.17) is 4.74 Å². The minimum atomic E-state index is -0.589. The molecule has 0 aromatic carbocycles. The maximum Gasteiger partial charge on any atom is 0.309 e. The van der Waals surface area contributed by atoms with Gasteiger partial charge in [-0.1, -0.05) is 53.2 Å². The fourth-order valence-corrected chi connectivity index (χ4v) is 11.0. The Bertz CT molecular complexity index is 920. The lowest BCUT2D eigenvalue weighted by Crippen LogP contribution is -2.64. The molecule has 5 aliphatic rings. The van der Waals surface area contributed by atoms with Crippen LogP contribution >= 0.6 is 0 Å². The number of hydrogen-bond donors (Lipinski definition) is 1. The van der Waals surface area contributed by atoms with Crippen molar-refractivity contribution >= 4 is 5.97 Å². The number of rotatable bonds is 3. The molecule has 0 amide bonds. The SMILES string of the molecule is CCO[C@H]1CC[C@@]2(C)C(CC[C@]3(C)C2CC=C2[C@@H]4C[C@@](C)(C(=O)O)CC[C@]4(C)CC[C@]23C)C1(C)C. The lowest BCUT2D eigenvalue weighted by atomic mass is 9.33. The predicted octanol–water partition coefficient (Wildman–Crippen LogP) is 8.28. The van der Waals surface area contributed by atoms with E-state index in [9.17, 15) is 9.90 Å². The van der Waals surface area contributed by atoms with Gasteiger partial charge in [-0.05, 0) is 123 Å². The number of aliphatic carboxylic acids is 1. The van der Waals surface area contributed by atoms with Gasteiger partial charge in [-0.25, -0.2) is 0 Å². The van der Waals surface area contributed by atoms with Gasteiger partial charge < -0.3 is 9.84 Å². The number of hydrogen-bond acceptors (Lipinski definition) is 2. The van der Waals surface area contributed by atoms with Crippen LogP contribution in [0.2, 0.25) is 0 Å². The quantitative estimate of drug-likeness (QED) is 0.410. The van der Waals surface area contributed by atoms with E-state index in [-0.39, 0.29) is 21.7 Å². The lowest BCUT2D eigenvalue weighted by molar-refractivity contribution is -0.210. The second-order valence-corrected chi connectivity index (χ2v) is 15.4. The third kappa shape index (κ3) is 3.28. The summed E-state index contributed by atoms with van der Waals surface area (Å²) in [5, 5.41) is 10.1. The summed E-state index contributed by atoms with van der Waals surface area (Å²) in [5.41, 5.74) is 2.38. The fourth-order valence-electron chi connectivity index (χ4n) is 11.0. The smallest absolute Gasteiger partial charge is 0.309 e. The molecule has 4 fully saturated rings. The molecule has 4 saturated carbocycles. The van der Waals surface area contributed by atoms with Crippen LogP contribution in [-0.4, -0.2) is 23.8 Å². The highest BCUT2D eigenvalue weighted by Crippen LogP contribution is 2.75. The lowest BCUT2D eigenvalue weighted by Gasteiger charge is -2.71. The van der Waals surface area contributed by atoms with Gasteiger partial charge in [0, 0.05) is 6.61 Å². The number of fused-ring (bicyclic) bond motifs is 7. The summed E-state index contributed by atoms with van der Waals surface area (Å²) in [6.45, 7) is 20.3. The van der Waals surface area contributed by atoms with E-state index in [1.165, 1.54) is 44.9 Å². The van der Waals surface area contributed by atoms with Crippen molar-refractivity contribution in [2.75, 3.05) is 6.61 Å². The van der Waals surface area contributed by atoms with Gasteiger partial charge in [0.15, 0.2) is 0 Å². The zero-order valence-electron chi connectivity index (χ0n) is 23.9. The topological polar surface area (TPSA) is 46.5 Å². The average molecular weight is 485 g/mol. The van der Waals surface area contributed by atoms with Gasteiger partial charge in [0.1, 0.15) is 0 Å². The molecule has 0 aromatic heterocycles. The second-order valence-electron chi connectivity index (χ2n) is 15.4. The molecule has 0 aliphatic heterocycles. The van der Waals surface area contributed by atoms with Gasteiger partial charge in [-0.2, -0.15) is 0 Å². The molecule has 9 atom stereocenters. The Balaban J connectivity index is 1.54. The molecule has 3 heteroatoms. The first-order valence-corrected chi connectivity index (χ1v) is 14.7. The fraction of sp³-hybridized carbons (Fsp3) is 0.906. The number of carbonyl (C=O) groups is 1. The van der Waals surface area contributed by atoms with Crippen LogP contribution < -0.4 is 0 Å². The maximum absolute atomic E-state index is 12.3. The summed E-state index contributed by atoms with van der Waals surface area (Å²) in [6.07, 6.45) is 14.5. The van der Waals surface area contributed by atoms with Gasteiger partial charge >= 0.3 is 5.97 Å². The zero-order valence-corrected chi connectivity index (χ0v) is 23.9. The van der Waals surface area contributed by atoms with Crippen LogP contribution in [0.4, 0.5) is 0 Å². The molecule has 0 aromatic rings. The molecular formula is C32H52O3. The van der Waals surface area contributed by atoms with Crippen LogP contribution in [-0.2, 0) is 9.53 Å². The van der Waals surface area contributed by atoms with E-state index in [1.54, 1.807) is 5.57 Å². The summed E-state index contributed by atoms with van der Waals surface area (Å²) in [4.78, 5) is 12.3. The monoisotopic (exact) mass is 484 g/mol. The summed E-state index contributed by atoms with van der Waals surface area (Å²) in [5.74, 6) is 1.23. The highest BCUT2D eigenvalue weighted by molar-refractivity contribution is 5.74. The van der Waals surface area contributed by atoms with Crippen LogP contribution in [0.3, 0.4) is 0 Å². The van der Waals surface area contributed by atoms with Crippen molar-refractivity contribution in [1.82, 2.24) is 0 Å². The minimum Gasteiger partial charge on any atom is -0.481 e. The summed E-state index contributed by atoms with van der Waals surface area (Å²) >= 11 is 0. The highest BCUT2D eigenvalue weighted by Gasteiger charge is 2.68. The van der Waals surface area contributed by atoms with E-state index >= 15 is 0 Å². The standard InChI is InChI=1S/C32H52O3/c1-9-35-25-13-14-30(6)23(27(25,2)3)12-15-32(8)24(30)11-10-21-22-20-29(5,26(33)34)17-16-28(22,4)18-19-31(21,32)7/h10,22-25H,9,11-20H2,1-8H3,(H,33,34)/t22-,23?,24?,25-,28+,29-,30-,31+,32+/m0/s1. The number of allylic oxidation sites excluding steroid dienone is 2. The van der Waals surface area contributed by atoms with E-state index in [1.807, 2.05) is 6.92 Å². The third-order valence-corrected chi connectivity index (χ3v) is 13.7. The van der Waals surface area contributed by atoms with E-state index in [2.05, 4.69) is 54.5 Å². The van der Waals surface area contributed by atoms with Gasteiger partial charge in [0.2, 0.25) is 0 Å². The van der Waals surface area contributed by atoms with E-state index in [0.29, 0.717) is 29.3 Å². The molecule has 3 nitrogen and oxygen atoms in total. The Hall–Kier alpha value is -0.830. The molecule has 198 valence electrons. The predicted molar refractivity (Wildman–Crippen MR) is 142 cm³/mol. The summed E-state index contributed by atoms with van der Waals surface area (Å²) in [6, 6.07) is 0. The molecular weight excluding hydrogens is 432 g/mol. The summed E-state index contributed by atoms with van der Waals surface area (Å²) < 4.78 is 6.31. The molecule has 0 spiro atoms. The Morgan fingerprint density at radius 3 is 2.29 bits per heavy atom. The van der Waals surface area contributed by atoms with Crippen LogP contribution in [0.25, 0.3) is 0 Å². The first kappa shape index (κ1) is 25.8. The Morgan fingerprint density at radius 1 is 0.943 bits per heavy atom. The molecule has 2 unspecified atom stereocenters. The minimum absolute atomic E-state index is 0.186. The van der Waals surface area contributed by atoms with Crippen molar-refractivity contribution in [3.05, 3.63) is 11.6 Å². The van der Waals surface area contributed by atoms with Gasteiger partial charge in [-0.15, -0.1) is 0 Å². The first-order chi connectivity index (χ1) is 16.2. The second kappa shape index (κ2) is 7.84. The van der Waals surface area contributed by atoms with Crippen molar-refractivity contribution < 1.29 is 14.6 Å². The van der Waals surface area contributed by atoms with Crippen molar-refractivity contribution in [2.45, 2.75) is 126 Å². The zero-order chi connectivity index (χ0) is 25.7. The molecule has 0 bridgehead atoms. The van der Waals surface area contributed by atoms with Crippen molar-refractivity contribution in [2.24, 2.45) is 50.2 Å². The van der Waals surface area contributed by atoms with Gasteiger partial charge in [0.05, 0.1) is 11.5 Å². The highest BCUT2D eigenvalue weighted by atomic mass is 16.5. The van der Waals surface area contributed by atoms with Crippen molar-refractivity contribution in [3.8, 4) is 0 Å². The van der Waals surface area contributed by atoms with Gasteiger partial charge in [-0.3, -0.25) is 4.79 Å². The molecule has 0 heterocycles. The van der Waals surface area contributed by atoms with E-state index in [0.717, 1.165) is 25.9 Å². The van der Waals surface area contributed by atoms with Crippen LogP contribution in [0.1, 0.15) is 120 Å². The van der Waals surface area contributed by atoms with Crippen LogP contribution in [0.5, 0.6) is 0 Å². The normalized spacial score (nSPS) is 52.9. The van der Waals surface area contributed by atoms with Crippen molar-refractivity contribution in [3.63, 3.8) is 0 Å². The molecule has 35 heavy (non-hydrogen) atoms. The van der Waals surface area contributed by atoms with Crippen molar-refractivity contribution in [1.29, 1.82) is 0 Å². The Morgan fingerprint density at radius 2 is 1.63 bits per heavy atom. The molecule has 5 rings (SSSR count). The molecule has 1 N–H and O–H groups in total. The first-order valence-electron chi connectivity index (χ1n) is 14.7. The average Bonchev–Trinajstić information content (AvgIpc) is 2.77. The summed E-state index contributed by atoms with van der Waals surface area (Å²) in [7, 11) is 0. The van der Waals surface area contributed by atoms with Crippen LogP contribution in [0.15, 0.2) is 11.6 Å². The Labute approximate surface area is 214 Å². The Kier molecular flexibility index (Phi) is 5.78. The number of carboxylic acids is 1. The largest absolute Gasteiger partial charge is 0.481 e. The number of ether oxygens (including phenoxy) is 1. The van der Waals surface area contributed by atoms with Gasteiger partial charge in [0.25, 0.3) is 0 Å². The number of carboxylic acid groups (broad SMARTS) is 1. The molecule has 0 saturated heterocycles. The maximum atomic E-state index is 12.3. The van der Waals surface area contributed by atoms with E-state index < -0.39 is 11.4 Å².